The van der Waals surface area contributed by atoms with Gasteiger partial charge < -0.3 is 9.47 Å². The Labute approximate surface area is 133 Å². The maximum Gasteiger partial charge on any atom is 0.163 e. The number of carbonyl (C=O) groups is 1. The van der Waals surface area contributed by atoms with Crippen LogP contribution in [0.5, 0.6) is 11.5 Å². The van der Waals surface area contributed by atoms with Crippen LogP contribution in [0.4, 0.5) is 0 Å². The highest BCUT2D eigenvalue weighted by Crippen LogP contribution is 2.57. The molecule has 3 nitrogen and oxygen atoms in total. The van der Waals surface area contributed by atoms with Crippen molar-refractivity contribution < 1.29 is 14.3 Å². The Morgan fingerprint density at radius 1 is 1.05 bits per heavy atom. The van der Waals surface area contributed by atoms with E-state index < -0.39 is 0 Å². The Morgan fingerprint density at radius 3 is 2.32 bits per heavy atom. The van der Waals surface area contributed by atoms with Crippen molar-refractivity contribution in [2.45, 2.75) is 51.9 Å². The topological polar surface area (TPSA) is 35.5 Å². The molecule has 1 aromatic carbocycles. The van der Waals surface area contributed by atoms with Gasteiger partial charge >= 0.3 is 0 Å². The summed E-state index contributed by atoms with van der Waals surface area (Å²) in [5.41, 5.74) is 2.23. The number of benzene rings is 1. The summed E-state index contributed by atoms with van der Waals surface area (Å²) in [5.74, 6) is 2.01. The minimum absolute atomic E-state index is 0.0462. The van der Waals surface area contributed by atoms with Gasteiger partial charge in [-0.3, -0.25) is 4.79 Å². The fourth-order valence-electron chi connectivity index (χ4n) is 4.82. The highest BCUT2D eigenvalue weighted by atomic mass is 16.5. The van der Waals surface area contributed by atoms with Crippen LogP contribution in [0.15, 0.2) is 12.1 Å². The molecule has 0 heterocycles. The average Bonchev–Trinajstić information content (AvgIpc) is 2.48. The summed E-state index contributed by atoms with van der Waals surface area (Å²) < 4.78 is 10.9. The van der Waals surface area contributed by atoms with Crippen LogP contribution in [0.1, 0.15) is 62.4 Å². The van der Waals surface area contributed by atoms with E-state index >= 15 is 0 Å². The summed E-state index contributed by atoms with van der Waals surface area (Å²) in [6.45, 7) is 6.96. The molecule has 0 unspecified atom stereocenters. The predicted molar refractivity (Wildman–Crippen MR) is 87.0 cm³/mol. The molecule has 0 saturated heterocycles. The van der Waals surface area contributed by atoms with Gasteiger partial charge in [0, 0.05) is 12.0 Å². The van der Waals surface area contributed by atoms with Gasteiger partial charge in [0.1, 0.15) is 0 Å². The molecule has 2 aliphatic rings. The van der Waals surface area contributed by atoms with Gasteiger partial charge in [-0.05, 0) is 47.3 Å². The van der Waals surface area contributed by atoms with E-state index in [1.54, 1.807) is 14.2 Å². The Kier molecular flexibility index (Phi) is 3.50. The van der Waals surface area contributed by atoms with E-state index in [1.165, 1.54) is 12.8 Å². The van der Waals surface area contributed by atoms with Gasteiger partial charge in [0.15, 0.2) is 17.3 Å². The van der Waals surface area contributed by atoms with Crippen molar-refractivity contribution in [3.8, 4) is 11.5 Å². The third kappa shape index (κ3) is 2.05. The molecule has 0 radical (unpaired) electrons. The van der Waals surface area contributed by atoms with Gasteiger partial charge in [0.05, 0.1) is 14.2 Å². The molecule has 1 saturated carbocycles. The van der Waals surface area contributed by atoms with E-state index in [0.717, 1.165) is 23.3 Å². The normalized spacial score (nSPS) is 29.5. The third-order valence-corrected chi connectivity index (χ3v) is 6.06. The van der Waals surface area contributed by atoms with E-state index in [-0.39, 0.29) is 16.6 Å². The zero-order valence-electron chi connectivity index (χ0n) is 14.3. The van der Waals surface area contributed by atoms with Crippen LogP contribution in [0.2, 0.25) is 0 Å². The van der Waals surface area contributed by atoms with Crippen molar-refractivity contribution in [3.05, 3.63) is 23.3 Å². The monoisotopic (exact) mass is 302 g/mol. The van der Waals surface area contributed by atoms with E-state index in [2.05, 4.69) is 20.8 Å². The van der Waals surface area contributed by atoms with E-state index in [1.807, 2.05) is 12.1 Å². The van der Waals surface area contributed by atoms with Crippen molar-refractivity contribution in [2.24, 2.45) is 11.3 Å². The van der Waals surface area contributed by atoms with Crippen molar-refractivity contribution in [1.29, 1.82) is 0 Å². The molecule has 22 heavy (non-hydrogen) atoms. The number of carbonyl (C=O) groups excluding carboxylic acids is 1. The lowest BCUT2D eigenvalue weighted by Gasteiger charge is -2.53. The van der Waals surface area contributed by atoms with Crippen LogP contribution < -0.4 is 9.47 Å². The van der Waals surface area contributed by atoms with Crippen LogP contribution >= 0.6 is 0 Å². The van der Waals surface area contributed by atoms with Gasteiger partial charge in [0.25, 0.3) is 0 Å². The number of methoxy groups -OCH3 is 2. The van der Waals surface area contributed by atoms with E-state index in [4.69, 9.17) is 9.47 Å². The summed E-state index contributed by atoms with van der Waals surface area (Å²) in [6.07, 6.45) is 4.19. The summed E-state index contributed by atoms with van der Waals surface area (Å²) >= 11 is 0. The minimum Gasteiger partial charge on any atom is -0.493 e. The maximum atomic E-state index is 12.7. The van der Waals surface area contributed by atoms with Gasteiger partial charge in [-0.2, -0.15) is 0 Å². The second-order valence-electron chi connectivity index (χ2n) is 7.69. The van der Waals surface area contributed by atoms with Crippen LogP contribution in [0.3, 0.4) is 0 Å². The molecule has 0 amide bonds. The van der Waals surface area contributed by atoms with Crippen LogP contribution in [0, 0.1) is 11.3 Å². The number of Topliss-reactive ketones (excluding diaryl/α,β-unsaturated/α-hetero) is 1. The zero-order chi connectivity index (χ0) is 16.1. The Bertz CT molecular complexity index is 617. The second-order valence-corrected chi connectivity index (χ2v) is 7.69. The molecule has 3 heteroatoms. The van der Waals surface area contributed by atoms with Crippen LogP contribution in [-0.4, -0.2) is 20.0 Å². The molecule has 0 aliphatic heterocycles. The number of ether oxygens (including phenoxy) is 2. The van der Waals surface area contributed by atoms with Crippen molar-refractivity contribution >= 4 is 5.78 Å². The standard InChI is InChI=1S/C19H26O3/c1-18(2)7-6-8-19(3)13-10-16(22-5)15(21-4)9-12(13)14(20)11-17(18)19/h9-10,17H,6-8,11H2,1-5H3/t17-,19-/m1/s1. The lowest BCUT2D eigenvalue weighted by atomic mass is 9.50. The van der Waals surface area contributed by atoms with Gasteiger partial charge in [0.2, 0.25) is 0 Å². The largest absolute Gasteiger partial charge is 0.493 e. The molecule has 0 spiro atoms. The first-order chi connectivity index (χ1) is 10.3. The highest BCUT2D eigenvalue weighted by Gasteiger charge is 2.52. The van der Waals surface area contributed by atoms with E-state index in [9.17, 15) is 4.79 Å². The summed E-state index contributed by atoms with van der Waals surface area (Å²) in [7, 11) is 3.27. The smallest absolute Gasteiger partial charge is 0.163 e. The van der Waals surface area contributed by atoms with Crippen molar-refractivity contribution in [3.63, 3.8) is 0 Å². The maximum absolute atomic E-state index is 12.7. The number of ketones is 1. The molecular formula is C19H26O3. The van der Waals surface area contributed by atoms with E-state index in [0.29, 0.717) is 18.1 Å². The summed E-state index contributed by atoms with van der Waals surface area (Å²) in [4.78, 5) is 12.7. The Balaban J connectivity index is 2.21. The fraction of sp³-hybridized carbons (Fsp3) is 0.632. The predicted octanol–water partition coefficient (Wildman–Crippen LogP) is 4.37. The lowest BCUT2D eigenvalue weighted by Crippen LogP contribution is -2.49. The lowest BCUT2D eigenvalue weighted by molar-refractivity contribution is 0.0367. The van der Waals surface area contributed by atoms with Gasteiger partial charge in [-0.25, -0.2) is 0 Å². The summed E-state index contributed by atoms with van der Waals surface area (Å²) in [5, 5.41) is 0. The third-order valence-electron chi connectivity index (χ3n) is 6.06. The fourth-order valence-corrected chi connectivity index (χ4v) is 4.82. The molecule has 120 valence electrons. The van der Waals surface area contributed by atoms with Crippen molar-refractivity contribution in [2.75, 3.05) is 14.2 Å². The molecule has 2 aliphatic carbocycles. The molecule has 3 rings (SSSR count). The molecule has 0 aromatic heterocycles. The van der Waals surface area contributed by atoms with Crippen LogP contribution in [-0.2, 0) is 5.41 Å². The van der Waals surface area contributed by atoms with Gasteiger partial charge in [-0.1, -0.05) is 27.2 Å². The summed E-state index contributed by atoms with van der Waals surface area (Å²) in [6, 6.07) is 3.92. The zero-order valence-corrected chi connectivity index (χ0v) is 14.3. The first-order valence-electron chi connectivity index (χ1n) is 8.13. The molecule has 0 bridgehead atoms. The molecular weight excluding hydrogens is 276 g/mol. The Morgan fingerprint density at radius 2 is 1.68 bits per heavy atom. The number of hydrogen-bond donors (Lipinski definition) is 0. The minimum atomic E-state index is 0.0462. The number of hydrogen-bond acceptors (Lipinski definition) is 3. The van der Waals surface area contributed by atoms with Crippen molar-refractivity contribution in [1.82, 2.24) is 0 Å². The van der Waals surface area contributed by atoms with Gasteiger partial charge in [-0.15, -0.1) is 0 Å². The second kappa shape index (κ2) is 5.00. The first kappa shape index (κ1) is 15.4. The molecule has 0 N–H and O–H groups in total. The molecule has 2 atom stereocenters. The van der Waals surface area contributed by atoms with Crippen LogP contribution in [0.25, 0.3) is 0 Å². The molecule has 1 fully saturated rings. The highest BCUT2D eigenvalue weighted by molar-refractivity contribution is 6.00. The Hall–Kier alpha value is -1.51. The SMILES string of the molecule is COc1cc2c(cc1OC)[C@@]1(C)CCCC(C)(C)[C@H]1CC2=O. The molecule has 1 aromatic rings. The number of fused-ring (bicyclic) bond motifs is 3. The first-order valence-corrected chi connectivity index (χ1v) is 8.13. The quantitative estimate of drug-likeness (QED) is 0.813. The number of rotatable bonds is 2. The average molecular weight is 302 g/mol.